The molecule has 6 heteroatoms. The summed E-state index contributed by atoms with van der Waals surface area (Å²) in [4.78, 5) is 18.7. The Balaban J connectivity index is 1.58. The van der Waals surface area contributed by atoms with Crippen LogP contribution in [0, 0.1) is 6.92 Å². The molecule has 132 valence electrons. The maximum absolute atomic E-state index is 12.4. The van der Waals surface area contributed by atoms with E-state index in [9.17, 15) is 4.79 Å². The number of carbonyl (C=O) groups is 1. The molecule has 1 fully saturated rings. The Labute approximate surface area is 156 Å². The molecule has 0 aliphatic carbocycles. The number of hydrogen-bond donors (Lipinski definition) is 0. The van der Waals surface area contributed by atoms with Crippen molar-refractivity contribution in [3.8, 4) is 11.4 Å². The van der Waals surface area contributed by atoms with Crippen molar-refractivity contribution in [3.63, 3.8) is 0 Å². The maximum Gasteiger partial charge on any atom is 0.249 e. The quantitative estimate of drug-likeness (QED) is 0.678. The van der Waals surface area contributed by atoms with E-state index < -0.39 is 0 Å². The molecule has 1 aliphatic rings. The summed E-state index contributed by atoms with van der Waals surface area (Å²) in [7, 11) is 0. The molecule has 1 aromatic heterocycles. The van der Waals surface area contributed by atoms with Gasteiger partial charge in [0.2, 0.25) is 17.6 Å². The van der Waals surface area contributed by atoms with Crippen LogP contribution in [-0.2, 0) is 11.3 Å². The molecule has 26 heavy (non-hydrogen) atoms. The van der Waals surface area contributed by atoms with Gasteiger partial charge in [-0.05, 0) is 31.0 Å². The van der Waals surface area contributed by atoms with Crippen molar-refractivity contribution >= 4 is 17.5 Å². The molecule has 1 aliphatic heterocycles. The number of rotatable bonds is 4. The van der Waals surface area contributed by atoms with Crippen molar-refractivity contribution in [2.45, 2.75) is 32.4 Å². The van der Waals surface area contributed by atoms with Crippen LogP contribution in [0.2, 0.25) is 5.02 Å². The standard InChI is InChI=1S/C20H18ClN3O2/c1-13-5-7-14(8-6-13)12-24-17(9-10-18(24)25)20-22-19(23-26-20)15-3-2-4-16(21)11-15/h2-8,11,17H,9-10,12H2,1H3. The molecule has 2 heterocycles. The van der Waals surface area contributed by atoms with Crippen LogP contribution in [-0.4, -0.2) is 20.9 Å². The third kappa shape index (κ3) is 3.35. The second kappa shape index (κ2) is 6.92. The Bertz CT molecular complexity index is 936. The summed E-state index contributed by atoms with van der Waals surface area (Å²) in [6.45, 7) is 2.59. The number of amides is 1. The summed E-state index contributed by atoms with van der Waals surface area (Å²) in [5, 5.41) is 4.68. The van der Waals surface area contributed by atoms with Gasteiger partial charge < -0.3 is 9.42 Å². The molecule has 1 unspecified atom stereocenters. The van der Waals surface area contributed by atoms with E-state index in [2.05, 4.69) is 22.3 Å². The number of halogens is 1. The predicted octanol–water partition coefficient (Wildman–Crippen LogP) is 4.56. The molecule has 0 saturated carbocycles. The minimum Gasteiger partial charge on any atom is -0.337 e. The summed E-state index contributed by atoms with van der Waals surface area (Å²) >= 11 is 6.03. The van der Waals surface area contributed by atoms with Gasteiger partial charge in [0.15, 0.2) is 0 Å². The Kier molecular flexibility index (Phi) is 4.47. The minimum absolute atomic E-state index is 0.109. The van der Waals surface area contributed by atoms with Crippen molar-refractivity contribution in [2.24, 2.45) is 0 Å². The largest absolute Gasteiger partial charge is 0.337 e. The topological polar surface area (TPSA) is 59.2 Å². The van der Waals surface area contributed by atoms with Crippen molar-refractivity contribution < 1.29 is 9.32 Å². The van der Waals surface area contributed by atoms with E-state index in [1.807, 2.05) is 36.1 Å². The van der Waals surface area contributed by atoms with Crippen LogP contribution in [0.15, 0.2) is 53.1 Å². The van der Waals surface area contributed by atoms with Gasteiger partial charge in [0.25, 0.3) is 0 Å². The lowest BCUT2D eigenvalue weighted by Gasteiger charge is -2.22. The van der Waals surface area contributed by atoms with Crippen LogP contribution < -0.4 is 0 Å². The first-order chi connectivity index (χ1) is 12.6. The number of likely N-dealkylation sites (tertiary alicyclic amines) is 1. The lowest BCUT2D eigenvalue weighted by molar-refractivity contribution is -0.129. The normalized spacial score (nSPS) is 17.1. The highest BCUT2D eigenvalue weighted by Gasteiger charge is 2.36. The third-order valence-corrected chi connectivity index (χ3v) is 4.85. The monoisotopic (exact) mass is 367 g/mol. The molecule has 0 radical (unpaired) electrons. The van der Waals surface area contributed by atoms with Crippen LogP contribution in [0.25, 0.3) is 11.4 Å². The van der Waals surface area contributed by atoms with E-state index in [1.165, 1.54) is 5.56 Å². The zero-order valence-corrected chi connectivity index (χ0v) is 15.1. The zero-order chi connectivity index (χ0) is 18.1. The van der Waals surface area contributed by atoms with Crippen molar-refractivity contribution in [1.82, 2.24) is 15.0 Å². The molecule has 1 amide bonds. The van der Waals surface area contributed by atoms with Gasteiger partial charge >= 0.3 is 0 Å². The summed E-state index contributed by atoms with van der Waals surface area (Å²) in [6, 6.07) is 15.3. The van der Waals surface area contributed by atoms with Crippen molar-refractivity contribution in [2.75, 3.05) is 0 Å². The molecular formula is C20H18ClN3O2. The fourth-order valence-corrected chi connectivity index (χ4v) is 3.38. The Morgan fingerprint density at radius 1 is 1.23 bits per heavy atom. The number of nitrogens with zero attached hydrogens (tertiary/aromatic N) is 3. The SMILES string of the molecule is Cc1ccc(CN2C(=O)CCC2c2nc(-c3cccc(Cl)c3)no2)cc1. The van der Waals surface area contributed by atoms with Crippen LogP contribution in [0.5, 0.6) is 0 Å². The molecule has 4 rings (SSSR count). The van der Waals surface area contributed by atoms with Gasteiger partial charge in [-0.1, -0.05) is 58.7 Å². The van der Waals surface area contributed by atoms with E-state index >= 15 is 0 Å². The van der Waals surface area contributed by atoms with E-state index in [1.54, 1.807) is 12.1 Å². The molecule has 3 aromatic rings. The lowest BCUT2D eigenvalue weighted by Crippen LogP contribution is -2.27. The molecule has 1 atom stereocenters. The molecule has 0 bridgehead atoms. The van der Waals surface area contributed by atoms with E-state index in [0.29, 0.717) is 36.1 Å². The molecule has 0 spiro atoms. The summed E-state index contributed by atoms with van der Waals surface area (Å²) < 4.78 is 5.48. The van der Waals surface area contributed by atoms with E-state index in [4.69, 9.17) is 16.1 Å². The summed E-state index contributed by atoms with van der Waals surface area (Å²) in [5.74, 6) is 1.06. The summed E-state index contributed by atoms with van der Waals surface area (Å²) in [6.07, 6.45) is 1.17. The first-order valence-electron chi connectivity index (χ1n) is 8.55. The smallest absolute Gasteiger partial charge is 0.249 e. The van der Waals surface area contributed by atoms with Gasteiger partial charge in [-0.2, -0.15) is 4.98 Å². The molecule has 2 aromatic carbocycles. The summed E-state index contributed by atoms with van der Waals surface area (Å²) in [5.41, 5.74) is 3.08. The average Bonchev–Trinajstić information content (AvgIpc) is 3.25. The molecule has 1 saturated heterocycles. The highest BCUT2D eigenvalue weighted by molar-refractivity contribution is 6.30. The van der Waals surface area contributed by atoms with Crippen LogP contribution in [0.4, 0.5) is 0 Å². The number of hydrogen-bond acceptors (Lipinski definition) is 4. The Hall–Kier alpha value is -2.66. The Morgan fingerprint density at radius 2 is 2.04 bits per heavy atom. The molecule has 0 N–H and O–H groups in total. The van der Waals surface area contributed by atoms with Gasteiger partial charge in [-0.3, -0.25) is 4.79 Å². The first kappa shape index (κ1) is 16.8. The lowest BCUT2D eigenvalue weighted by atomic mass is 10.1. The number of carbonyl (C=O) groups excluding carboxylic acids is 1. The van der Waals surface area contributed by atoms with Gasteiger partial charge in [0, 0.05) is 23.6 Å². The second-order valence-corrected chi connectivity index (χ2v) is 6.96. The van der Waals surface area contributed by atoms with E-state index in [-0.39, 0.29) is 11.9 Å². The Morgan fingerprint density at radius 3 is 2.81 bits per heavy atom. The molecular weight excluding hydrogens is 350 g/mol. The highest BCUT2D eigenvalue weighted by Crippen LogP contribution is 2.34. The maximum atomic E-state index is 12.4. The van der Waals surface area contributed by atoms with Crippen LogP contribution >= 0.6 is 11.6 Å². The second-order valence-electron chi connectivity index (χ2n) is 6.53. The van der Waals surface area contributed by atoms with Crippen molar-refractivity contribution in [1.29, 1.82) is 0 Å². The molecule has 5 nitrogen and oxygen atoms in total. The van der Waals surface area contributed by atoms with Crippen molar-refractivity contribution in [3.05, 3.63) is 70.6 Å². The van der Waals surface area contributed by atoms with Gasteiger partial charge in [0.1, 0.15) is 6.04 Å². The highest BCUT2D eigenvalue weighted by atomic mass is 35.5. The first-order valence-corrected chi connectivity index (χ1v) is 8.92. The fraction of sp³-hybridized carbons (Fsp3) is 0.250. The minimum atomic E-state index is -0.191. The van der Waals surface area contributed by atoms with Gasteiger partial charge in [0.05, 0.1) is 0 Å². The van der Waals surface area contributed by atoms with Crippen LogP contribution in [0.3, 0.4) is 0 Å². The van der Waals surface area contributed by atoms with Gasteiger partial charge in [-0.15, -0.1) is 0 Å². The number of aromatic nitrogens is 2. The fourth-order valence-electron chi connectivity index (χ4n) is 3.19. The van der Waals surface area contributed by atoms with Crippen LogP contribution in [0.1, 0.15) is 35.9 Å². The third-order valence-electron chi connectivity index (χ3n) is 4.61. The predicted molar refractivity (Wildman–Crippen MR) is 98.4 cm³/mol. The number of aryl methyl sites for hydroxylation is 1. The number of benzene rings is 2. The van der Waals surface area contributed by atoms with Gasteiger partial charge in [-0.25, -0.2) is 0 Å². The average molecular weight is 368 g/mol. The van der Waals surface area contributed by atoms with E-state index in [0.717, 1.165) is 11.1 Å². The zero-order valence-electron chi connectivity index (χ0n) is 14.4.